The van der Waals surface area contributed by atoms with Gasteiger partial charge in [-0.3, -0.25) is 4.79 Å². The van der Waals surface area contributed by atoms with E-state index in [4.69, 9.17) is 16.0 Å². The number of hydrogen-bond acceptors (Lipinski definition) is 2. The molecule has 3 heteroatoms. The lowest BCUT2D eigenvalue weighted by atomic mass is 10.0. The van der Waals surface area contributed by atoms with Crippen LogP contribution in [0.5, 0.6) is 0 Å². The van der Waals surface area contributed by atoms with Crippen LogP contribution in [0.3, 0.4) is 0 Å². The molecule has 0 unspecified atom stereocenters. The van der Waals surface area contributed by atoms with Gasteiger partial charge in [-0.25, -0.2) is 0 Å². The van der Waals surface area contributed by atoms with Gasteiger partial charge in [0.25, 0.3) is 0 Å². The van der Waals surface area contributed by atoms with Crippen LogP contribution in [0.25, 0.3) is 34.4 Å². The Labute approximate surface area is 162 Å². The molecule has 4 aromatic rings. The standard InChI is InChI=1S/C24H17ClO2/c1-16-14-22-20(15-21(16)25)23(26)19(13-12-17-8-4-2-5-9-17)24(27-22)18-10-6-3-7-11-18/h2-15H,1H3/b13-12+. The molecule has 27 heavy (non-hydrogen) atoms. The first kappa shape index (κ1) is 17.3. The fourth-order valence-electron chi connectivity index (χ4n) is 3.03. The van der Waals surface area contributed by atoms with Crippen molar-refractivity contribution < 1.29 is 4.42 Å². The monoisotopic (exact) mass is 372 g/mol. The molecule has 0 saturated carbocycles. The van der Waals surface area contributed by atoms with E-state index < -0.39 is 0 Å². The Morgan fingerprint density at radius 3 is 2.26 bits per heavy atom. The van der Waals surface area contributed by atoms with Crippen molar-refractivity contribution in [2.24, 2.45) is 0 Å². The van der Waals surface area contributed by atoms with E-state index in [9.17, 15) is 4.79 Å². The van der Waals surface area contributed by atoms with Crippen LogP contribution in [0.4, 0.5) is 0 Å². The summed E-state index contributed by atoms with van der Waals surface area (Å²) in [7, 11) is 0. The van der Waals surface area contributed by atoms with E-state index in [0.29, 0.717) is 27.3 Å². The summed E-state index contributed by atoms with van der Waals surface area (Å²) in [5.74, 6) is 0.557. The molecule has 0 saturated heterocycles. The fraction of sp³-hybridized carbons (Fsp3) is 0.0417. The van der Waals surface area contributed by atoms with Crippen LogP contribution in [0.2, 0.25) is 5.02 Å². The van der Waals surface area contributed by atoms with Gasteiger partial charge in [0.2, 0.25) is 5.43 Å². The number of halogens is 1. The number of rotatable bonds is 3. The van der Waals surface area contributed by atoms with Crippen LogP contribution in [0.15, 0.2) is 82.0 Å². The predicted molar refractivity (Wildman–Crippen MR) is 113 cm³/mol. The SMILES string of the molecule is Cc1cc2oc(-c3ccccc3)c(/C=C/c3ccccc3)c(=O)c2cc1Cl. The van der Waals surface area contributed by atoms with E-state index in [0.717, 1.165) is 16.7 Å². The molecule has 4 rings (SSSR count). The van der Waals surface area contributed by atoms with E-state index in [-0.39, 0.29) is 5.43 Å². The first-order chi connectivity index (χ1) is 13.1. The highest BCUT2D eigenvalue weighted by molar-refractivity contribution is 6.32. The van der Waals surface area contributed by atoms with Crippen molar-refractivity contribution in [3.63, 3.8) is 0 Å². The van der Waals surface area contributed by atoms with E-state index in [1.165, 1.54) is 0 Å². The maximum Gasteiger partial charge on any atom is 0.200 e. The molecule has 3 aromatic carbocycles. The minimum Gasteiger partial charge on any atom is -0.455 e. The maximum absolute atomic E-state index is 13.2. The molecule has 0 aliphatic carbocycles. The van der Waals surface area contributed by atoms with Gasteiger partial charge in [0.1, 0.15) is 11.3 Å². The van der Waals surface area contributed by atoms with Gasteiger partial charge in [-0.05, 0) is 36.3 Å². The largest absolute Gasteiger partial charge is 0.455 e. The predicted octanol–water partition coefficient (Wildman–Crippen LogP) is 6.59. The molecular formula is C24H17ClO2. The quantitative estimate of drug-likeness (QED) is 0.406. The summed E-state index contributed by atoms with van der Waals surface area (Å²) in [5, 5.41) is 1.04. The van der Waals surface area contributed by atoms with Gasteiger partial charge in [0.15, 0.2) is 0 Å². The van der Waals surface area contributed by atoms with Gasteiger partial charge in [0, 0.05) is 10.6 Å². The molecule has 0 aliphatic heterocycles. The third kappa shape index (κ3) is 3.44. The van der Waals surface area contributed by atoms with Crippen molar-refractivity contribution in [1.29, 1.82) is 0 Å². The zero-order valence-corrected chi connectivity index (χ0v) is 15.5. The Balaban J connectivity index is 1.99. The van der Waals surface area contributed by atoms with E-state index in [2.05, 4.69) is 0 Å². The Hall–Kier alpha value is -3.10. The van der Waals surface area contributed by atoms with Crippen molar-refractivity contribution in [3.8, 4) is 11.3 Å². The van der Waals surface area contributed by atoms with Crippen molar-refractivity contribution in [2.45, 2.75) is 6.92 Å². The van der Waals surface area contributed by atoms with Gasteiger partial charge in [0.05, 0.1) is 10.9 Å². The van der Waals surface area contributed by atoms with Gasteiger partial charge >= 0.3 is 0 Å². The van der Waals surface area contributed by atoms with E-state index in [1.54, 1.807) is 6.07 Å². The number of fused-ring (bicyclic) bond motifs is 1. The highest BCUT2D eigenvalue weighted by Crippen LogP contribution is 2.29. The lowest BCUT2D eigenvalue weighted by Crippen LogP contribution is -2.08. The molecule has 1 aromatic heterocycles. The Bertz CT molecular complexity index is 1190. The van der Waals surface area contributed by atoms with Crippen LogP contribution < -0.4 is 5.43 Å². The second kappa shape index (κ2) is 7.26. The molecule has 0 radical (unpaired) electrons. The summed E-state index contributed by atoms with van der Waals surface area (Å²) >= 11 is 6.24. The Kier molecular flexibility index (Phi) is 4.66. The summed E-state index contributed by atoms with van der Waals surface area (Å²) < 4.78 is 6.17. The zero-order valence-electron chi connectivity index (χ0n) is 14.8. The van der Waals surface area contributed by atoms with Crippen LogP contribution in [-0.4, -0.2) is 0 Å². The molecule has 0 N–H and O–H groups in total. The van der Waals surface area contributed by atoms with Gasteiger partial charge < -0.3 is 4.42 Å². The van der Waals surface area contributed by atoms with Crippen molar-refractivity contribution >= 4 is 34.7 Å². The molecule has 2 nitrogen and oxygen atoms in total. The topological polar surface area (TPSA) is 30.2 Å². The van der Waals surface area contributed by atoms with Crippen molar-refractivity contribution in [3.05, 3.63) is 105 Å². The van der Waals surface area contributed by atoms with Crippen LogP contribution in [0.1, 0.15) is 16.7 Å². The first-order valence-electron chi connectivity index (χ1n) is 8.69. The minimum atomic E-state index is -0.0933. The van der Waals surface area contributed by atoms with Gasteiger partial charge in [-0.1, -0.05) is 78.3 Å². The second-order valence-corrected chi connectivity index (χ2v) is 6.79. The highest BCUT2D eigenvalue weighted by Gasteiger charge is 2.15. The van der Waals surface area contributed by atoms with Crippen LogP contribution in [-0.2, 0) is 0 Å². The number of hydrogen-bond donors (Lipinski definition) is 0. The summed E-state index contributed by atoms with van der Waals surface area (Å²) in [6, 6.07) is 23.0. The Morgan fingerprint density at radius 2 is 1.56 bits per heavy atom. The first-order valence-corrected chi connectivity index (χ1v) is 9.07. The molecule has 1 heterocycles. The Morgan fingerprint density at radius 1 is 0.889 bits per heavy atom. The van der Waals surface area contributed by atoms with Crippen LogP contribution in [0, 0.1) is 6.92 Å². The lowest BCUT2D eigenvalue weighted by Gasteiger charge is -2.09. The molecule has 132 valence electrons. The van der Waals surface area contributed by atoms with Gasteiger partial charge in [-0.2, -0.15) is 0 Å². The second-order valence-electron chi connectivity index (χ2n) is 6.38. The van der Waals surface area contributed by atoms with Crippen LogP contribution >= 0.6 is 11.6 Å². The lowest BCUT2D eigenvalue weighted by molar-refractivity contribution is 0.617. The molecule has 0 aliphatic rings. The molecule has 0 fully saturated rings. The third-order valence-corrected chi connectivity index (χ3v) is 4.89. The molecular weight excluding hydrogens is 356 g/mol. The zero-order chi connectivity index (χ0) is 18.8. The van der Waals surface area contributed by atoms with E-state index in [1.807, 2.05) is 85.8 Å². The average molecular weight is 373 g/mol. The highest BCUT2D eigenvalue weighted by atomic mass is 35.5. The molecule has 0 spiro atoms. The summed E-state index contributed by atoms with van der Waals surface area (Å²) in [6.45, 7) is 1.90. The van der Waals surface area contributed by atoms with Crippen molar-refractivity contribution in [2.75, 3.05) is 0 Å². The van der Waals surface area contributed by atoms with Crippen molar-refractivity contribution in [1.82, 2.24) is 0 Å². The maximum atomic E-state index is 13.2. The summed E-state index contributed by atoms with van der Waals surface area (Å²) in [5.41, 5.74) is 3.70. The summed E-state index contributed by atoms with van der Waals surface area (Å²) in [6.07, 6.45) is 3.73. The van der Waals surface area contributed by atoms with Gasteiger partial charge in [-0.15, -0.1) is 0 Å². The molecule has 0 bridgehead atoms. The minimum absolute atomic E-state index is 0.0933. The average Bonchev–Trinajstić information content (AvgIpc) is 2.70. The number of benzene rings is 3. The third-order valence-electron chi connectivity index (χ3n) is 4.48. The summed E-state index contributed by atoms with van der Waals surface area (Å²) in [4.78, 5) is 13.2. The normalized spacial score (nSPS) is 11.3. The molecule has 0 atom stereocenters. The fourth-order valence-corrected chi connectivity index (χ4v) is 3.19. The number of aryl methyl sites for hydroxylation is 1. The van der Waals surface area contributed by atoms with E-state index >= 15 is 0 Å². The molecule has 0 amide bonds. The smallest absolute Gasteiger partial charge is 0.200 e.